The molecule has 0 bridgehead atoms. The van der Waals surface area contributed by atoms with Crippen molar-refractivity contribution in [2.45, 2.75) is 57.5 Å². The first kappa shape index (κ1) is 14.3. The first-order chi connectivity index (χ1) is 9.10. The summed E-state index contributed by atoms with van der Waals surface area (Å²) >= 11 is 0. The molecule has 0 radical (unpaired) electrons. The predicted octanol–water partition coefficient (Wildman–Crippen LogP) is 0.631. The van der Waals surface area contributed by atoms with Gasteiger partial charge in [-0.3, -0.25) is 9.59 Å². The highest BCUT2D eigenvalue weighted by molar-refractivity contribution is 5.81. The minimum Gasteiger partial charge on any atom is -0.353 e. The van der Waals surface area contributed by atoms with Crippen LogP contribution in [0.1, 0.15) is 45.4 Å². The summed E-state index contributed by atoms with van der Waals surface area (Å²) in [6.07, 6.45) is 5.07. The Balaban J connectivity index is 1.68. The molecule has 2 fully saturated rings. The van der Waals surface area contributed by atoms with Gasteiger partial charge in [-0.1, -0.05) is 6.92 Å². The van der Waals surface area contributed by atoms with Crippen LogP contribution in [0.25, 0.3) is 0 Å². The van der Waals surface area contributed by atoms with Crippen LogP contribution in [0.5, 0.6) is 0 Å². The van der Waals surface area contributed by atoms with E-state index in [4.69, 9.17) is 5.73 Å². The number of carbonyl (C=O) groups excluding carboxylic acids is 2. The van der Waals surface area contributed by atoms with Crippen molar-refractivity contribution in [2.75, 3.05) is 13.1 Å². The Bertz CT molecular complexity index is 334. The van der Waals surface area contributed by atoms with Gasteiger partial charge >= 0.3 is 0 Å². The number of amides is 2. The van der Waals surface area contributed by atoms with Gasteiger partial charge in [0, 0.05) is 37.5 Å². The lowest BCUT2D eigenvalue weighted by atomic mass is 10.0. The van der Waals surface area contributed by atoms with Crippen LogP contribution >= 0.6 is 0 Å². The second-order valence-electron chi connectivity index (χ2n) is 5.81. The van der Waals surface area contributed by atoms with Crippen molar-refractivity contribution in [3.63, 3.8) is 0 Å². The molecule has 2 rings (SSSR count). The lowest BCUT2D eigenvalue weighted by Crippen LogP contribution is -2.47. The smallest absolute Gasteiger partial charge is 0.225 e. The highest BCUT2D eigenvalue weighted by atomic mass is 16.2. The molecule has 0 aromatic rings. The van der Waals surface area contributed by atoms with Crippen molar-refractivity contribution in [2.24, 2.45) is 11.7 Å². The third kappa shape index (κ3) is 4.20. The molecule has 5 nitrogen and oxygen atoms in total. The van der Waals surface area contributed by atoms with Crippen LogP contribution in [0.4, 0.5) is 0 Å². The predicted molar refractivity (Wildman–Crippen MR) is 73.4 cm³/mol. The summed E-state index contributed by atoms with van der Waals surface area (Å²) in [5.74, 6) is 0.660. The normalized spacial score (nSPS) is 22.1. The lowest BCUT2D eigenvalue weighted by molar-refractivity contribution is -0.133. The van der Waals surface area contributed by atoms with E-state index in [1.807, 2.05) is 11.8 Å². The van der Waals surface area contributed by atoms with Crippen molar-refractivity contribution in [1.82, 2.24) is 10.2 Å². The number of nitrogens with zero attached hydrogens (tertiary/aromatic N) is 1. The molecule has 0 aromatic carbocycles. The average molecular weight is 267 g/mol. The van der Waals surface area contributed by atoms with Gasteiger partial charge in [0.1, 0.15) is 0 Å². The molecule has 0 aromatic heterocycles. The largest absolute Gasteiger partial charge is 0.353 e. The van der Waals surface area contributed by atoms with Gasteiger partial charge in [0.25, 0.3) is 0 Å². The fourth-order valence-corrected chi connectivity index (χ4v) is 2.50. The molecular weight excluding hydrogens is 242 g/mol. The molecule has 1 aliphatic heterocycles. The van der Waals surface area contributed by atoms with Gasteiger partial charge in [0.05, 0.1) is 0 Å². The third-order valence-corrected chi connectivity index (χ3v) is 4.07. The van der Waals surface area contributed by atoms with Gasteiger partial charge in [-0.05, 0) is 32.1 Å². The van der Waals surface area contributed by atoms with E-state index in [-0.39, 0.29) is 18.0 Å². The maximum Gasteiger partial charge on any atom is 0.225 e. The highest BCUT2D eigenvalue weighted by Crippen LogP contribution is 2.31. The summed E-state index contributed by atoms with van der Waals surface area (Å²) in [7, 11) is 0. The molecule has 2 aliphatic rings. The molecule has 1 unspecified atom stereocenters. The van der Waals surface area contributed by atoms with Crippen molar-refractivity contribution in [3.8, 4) is 0 Å². The highest BCUT2D eigenvalue weighted by Gasteiger charge is 2.35. The van der Waals surface area contributed by atoms with Crippen LogP contribution < -0.4 is 11.1 Å². The molecule has 1 atom stereocenters. The molecule has 0 spiro atoms. The fraction of sp³-hybridized carbons (Fsp3) is 0.857. The molecule has 1 aliphatic carbocycles. The third-order valence-electron chi connectivity index (χ3n) is 4.07. The molecular formula is C14H25N3O2. The van der Waals surface area contributed by atoms with E-state index >= 15 is 0 Å². The zero-order valence-corrected chi connectivity index (χ0v) is 11.7. The Kier molecular flexibility index (Phi) is 4.80. The van der Waals surface area contributed by atoms with Crippen LogP contribution in [0.2, 0.25) is 0 Å². The zero-order chi connectivity index (χ0) is 13.8. The lowest BCUT2D eigenvalue weighted by Gasteiger charge is -2.32. The summed E-state index contributed by atoms with van der Waals surface area (Å²) in [5.41, 5.74) is 5.77. The molecule has 1 saturated heterocycles. The first-order valence-corrected chi connectivity index (χ1v) is 7.44. The van der Waals surface area contributed by atoms with Crippen LogP contribution in [0.15, 0.2) is 0 Å². The Labute approximate surface area is 114 Å². The van der Waals surface area contributed by atoms with E-state index in [1.54, 1.807) is 0 Å². The van der Waals surface area contributed by atoms with Crippen LogP contribution in [-0.4, -0.2) is 41.9 Å². The molecule has 2 amide bonds. The number of rotatable bonds is 5. The number of hydrogen-bond donors (Lipinski definition) is 2. The second-order valence-corrected chi connectivity index (χ2v) is 5.81. The number of likely N-dealkylation sites (tertiary alicyclic amines) is 1. The molecule has 108 valence electrons. The van der Waals surface area contributed by atoms with Crippen LogP contribution in [-0.2, 0) is 9.59 Å². The number of piperidine rings is 1. The van der Waals surface area contributed by atoms with Crippen molar-refractivity contribution < 1.29 is 9.59 Å². The van der Waals surface area contributed by atoms with E-state index in [2.05, 4.69) is 5.32 Å². The first-order valence-electron chi connectivity index (χ1n) is 7.44. The minimum atomic E-state index is -0.0449. The SMILES string of the molecule is CCC(N)CC(=O)NC1CCN(C(=O)C2CC2)CC1. The minimum absolute atomic E-state index is 0.0429. The van der Waals surface area contributed by atoms with Crippen LogP contribution in [0.3, 0.4) is 0 Å². The average Bonchev–Trinajstić information content (AvgIpc) is 3.22. The van der Waals surface area contributed by atoms with Crippen molar-refractivity contribution in [3.05, 3.63) is 0 Å². The van der Waals surface area contributed by atoms with Crippen LogP contribution in [0, 0.1) is 5.92 Å². The summed E-state index contributed by atoms with van der Waals surface area (Å²) < 4.78 is 0. The van der Waals surface area contributed by atoms with E-state index in [1.165, 1.54) is 0 Å². The summed E-state index contributed by atoms with van der Waals surface area (Å²) in [6, 6.07) is 0.163. The zero-order valence-electron chi connectivity index (χ0n) is 11.7. The molecule has 5 heteroatoms. The summed E-state index contributed by atoms with van der Waals surface area (Å²) in [5, 5.41) is 3.03. The number of hydrogen-bond acceptors (Lipinski definition) is 3. The second kappa shape index (κ2) is 6.37. The molecule has 1 saturated carbocycles. The van der Waals surface area contributed by atoms with Crippen molar-refractivity contribution >= 4 is 11.8 Å². The van der Waals surface area contributed by atoms with E-state index in [0.29, 0.717) is 18.2 Å². The standard InChI is InChI=1S/C14H25N3O2/c1-2-11(15)9-13(18)16-12-5-7-17(8-6-12)14(19)10-3-4-10/h10-12H,2-9,15H2,1H3,(H,16,18). The number of carbonyl (C=O) groups is 2. The quantitative estimate of drug-likeness (QED) is 0.767. The maximum absolute atomic E-state index is 11.9. The summed E-state index contributed by atoms with van der Waals surface area (Å²) in [6.45, 7) is 3.54. The topological polar surface area (TPSA) is 75.4 Å². The van der Waals surface area contributed by atoms with E-state index < -0.39 is 0 Å². The Hall–Kier alpha value is -1.10. The van der Waals surface area contributed by atoms with Gasteiger partial charge in [0.2, 0.25) is 11.8 Å². The van der Waals surface area contributed by atoms with E-state index in [9.17, 15) is 9.59 Å². The molecule has 1 heterocycles. The Morgan fingerprint density at radius 1 is 1.26 bits per heavy atom. The Morgan fingerprint density at radius 2 is 1.89 bits per heavy atom. The van der Waals surface area contributed by atoms with Crippen molar-refractivity contribution in [1.29, 1.82) is 0 Å². The number of nitrogens with one attached hydrogen (secondary N) is 1. The van der Waals surface area contributed by atoms with Gasteiger partial charge in [0.15, 0.2) is 0 Å². The Morgan fingerprint density at radius 3 is 2.42 bits per heavy atom. The summed E-state index contributed by atoms with van der Waals surface area (Å²) in [4.78, 5) is 25.6. The molecule has 3 N–H and O–H groups in total. The molecule has 19 heavy (non-hydrogen) atoms. The van der Waals surface area contributed by atoms with E-state index in [0.717, 1.165) is 45.2 Å². The monoisotopic (exact) mass is 267 g/mol. The number of nitrogens with two attached hydrogens (primary N) is 1. The fourth-order valence-electron chi connectivity index (χ4n) is 2.50. The van der Waals surface area contributed by atoms with Gasteiger partial charge in [-0.2, -0.15) is 0 Å². The van der Waals surface area contributed by atoms with Gasteiger partial charge in [-0.15, -0.1) is 0 Å². The van der Waals surface area contributed by atoms with Gasteiger partial charge < -0.3 is 16.0 Å². The maximum atomic E-state index is 11.9. The van der Waals surface area contributed by atoms with Gasteiger partial charge in [-0.25, -0.2) is 0 Å².